The van der Waals surface area contributed by atoms with Crippen molar-refractivity contribution in [2.24, 2.45) is 0 Å². The van der Waals surface area contributed by atoms with Crippen LogP contribution in [-0.4, -0.2) is 29.1 Å². The molecule has 0 radical (unpaired) electrons. The molecule has 0 unspecified atom stereocenters. The van der Waals surface area contributed by atoms with Gasteiger partial charge < -0.3 is 15.5 Å². The first-order valence-electron chi connectivity index (χ1n) is 10.5. The van der Waals surface area contributed by atoms with Crippen LogP contribution in [0.3, 0.4) is 0 Å². The van der Waals surface area contributed by atoms with Crippen LogP contribution in [-0.2, 0) is 0 Å². The lowest BCUT2D eigenvalue weighted by Gasteiger charge is -2.28. The van der Waals surface area contributed by atoms with Crippen molar-refractivity contribution in [2.45, 2.75) is 64.3 Å². The van der Waals surface area contributed by atoms with Crippen molar-refractivity contribution in [3.63, 3.8) is 0 Å². The highest BCUT2D eigenvalue weighted by atomic mass is 15.2. The van der Waals surface area contributed by atoms with E-state index in [1.807, 2.05) is 13.0 Å². The Balaban J connectivity index is 1.42. The van der Waals surface area contributed by atoms with Gasteiger partial charge in [-0.05, 0) is 63.3 Å². The number of hydrogen-bond donors (Lipinski definition) is 2. The Hall–Kier alpha value is -2.30. The summed E-state index contributed by atoms with van der Waals surface area (Å²) in [5, 5.41) is 6.97. The first kappa shape index (κ1) is 18.1. The summed E-state index contributed by atoms with van der Waals surface area (Å²) in [6.45, 7) is 4.38. The van der Waals surface area contributed by atoms with Crippen molar-refractivity contribution in [3.8, 4) is 0 Å². The number of rotatable bonds is 5. The molecule has 1 aliphatic carbocycles. The molecular weight excluding hydrogens is 334 g/mol. The number of piperidine rings is 1. The van der Waals surface area contributed by atoms with E-state index in [0.29, 0.717) is 6.04 Å². The largest absolute Gasteiger partial charge is 0.372 e. The van der Waals surface area contributed by atoms with Gasteiger partial charge >= 0.3 is 0 Å². The van der Waals surface area contributed by atoms with Crippen LogP contribution in [0.2, 0.25) is 0 Å². The molecule has 5 nitrogen and oxygen atoms in total. The maximum Gasteiger partial charge on any atom is 0.225 e. The summed E-state index contributed by atoms with van der Waals surface area (Å²) in [4.78, 5) is 11.7. The minimum Gasteiger partial charge on any atom is -0.372 e. The second-order valence-corrected chi connectivity index (χ2v) is 7.92. The molecule has 4 rings (SSSR count). The van der Waals surface area contributed by atoms with Gasteiger partial charge in [0, 0.05) is 42.3 Å². The fraction of sp³-hybridized carbons (Fsp3) is 0.545. The lowest BCUT2D eigenvalue weighted by atomic mass is 9.96. The van der Waals surface area contributed by atoms with Crippen LogP contribution < -0.4 is 15.5 Å². The molecule has 0 atom stereocenters. The summed E-state index contributed by atoms with van der Waals surface area (Å²) in [6.07, 6.45) is 10.4. The van der Waals surface area contributed by atoms with Crippen LogP contribution in [0.15, 0.2) is 30.3 Å². The molecule has 144 valence electrons. The van der Waals surface area contributed by atoms with Gasteiger partial charge in [0.1, 0.15) is 5.82 Å². The van der Waals surface area contributed by atoms with Crippen molar-refractivity contribution in [1.29, 1.82) is 0 Å². The third-order valence-electron chi connectivity index (χ3n) is 5.65. The third-order valence-corrected chi connectivity index (χ3v) is 5.65. The molecule has 27 heavy (non-hydrogen) atoms. The number of aryl methyl sites for hydroxylation is 1. The molecule has 2 N–H and O–H groups in total. The first-order valence-corrected chi connectivity index (χ1v) is 10.5. The molecule has 1 aromatic carbocycles. The molecule has 0 spiro atoms. The van der Waals surface area contributed by atoms with Gasteiger partial charge in [-0.15, -0.1) is 0 Å². The molecule has 2 fully saturated rings. The van der Waals surface area contributed by atoms with Crippen molar-refractivity contribution >= 4 is 23.1 Å². The van der Waals surface area contributed by atoms with Gasteiger partial charge in [-0.2, -0.15) is 4.98 Å². The zero-order valence-corrected chi connectivity index (χ0v) is 16.4. The summed E-state index contributed by atoms with van der Waals surface area (Å²) in [5.74, 6) is 1.60. The van der Waals surface area contributed by atoms with Crippen LogP contribution in [0.25, 0.3) is 0 Å². The van der Waals surface area contributed by atoms with Gasteiger partial charge in [-0.25, -0.2) is 4.98 Å². The van der Waals surface area contributed by atoms with Gasteiger partial charge in [0.2, 0.25) is 5.95 Å². The molecule has 2 aromatic rings. The average Bonchev–Trinajstić information content (AvgIpc) is 2.70. The van der Waals surface area contributed by atoms with E-state index in [-0.39, 0.29) is 0 Å². The SMILES string of the molecule is Cc1cc(Nc2ccc(N3CCCCC3)cc2)nc(NC2CCCCC2)n1. The van der Waals surface area contributed by atoms with Gasteiger partial charge in [0.05, 0.1) is 0 Å². The zero-order chi connectivity index (χ0) is 18.5. The Labute approximate surface area is 162 Å². The lowest BCUT2D eigenvalue weighted by Crippen LogP contribution is -2.29. The van der Waals surface area contributed by atoms with Crippen LogP contribution >= 0.6 is 0 Å². The Morgan fingerprint density at radius 2 is 1.59 bits per heavy atom. The number of nitrogens with one attached hydrogen (secondary N) is 2. The molecule has 1 saturated carbocycles. The van der Waals surface area contributed by atoms with E-state index in [9.17, 15) is 0 Å². The standard InChI is InChI=1S/C22H31N5/c1-17-16-21(26-22(23-17)25-18-8-4-2-5-9-18)24-19-10-12-20(13-11-19)27-14-6-3-7-15-27/h10-13,16,18H,2-9,14-15H2,1H3,(H2,23,24,25,26). The van der Waals surface area contributed by atoms with E-state index in [0.717, 1.165) is 23.1 Å². The summed E-state index contributed by atoms with van der Waals surface area (Å²) in [5.41, 5.74) is 3.37. The average molecular weight is 366 g/mol. The predicted molar refractivity (Wildman–Crippen MR) is 113 cm³/mol. The van der Waals surface area contributed by atoms with Gasteiger partial charge in [-0.1, -0.05) is 19.3 Å². The molecular formula is C22H31N5. The zero-order valence-electron chi connectivity index (χ0n) is 16.4. The van der Waals surface area contributed by atoms with E-state index in [1.54, 1.807) is 0 Å². The number of aromatic nitrogens is 2. The third kappa shape index (κ3) is 4.90. The highest BCUT2D eigenvalue weighted by Crippen LogP contribution is 2.25. The summed E-state index contributed by atoms with van der Waals surface area (Å²) in [7, 11) is 0. The van der Waals surface area contributed by atoms with Gasteiger partial charge in [-0.3, -0.25) is 0 Å². The fourth-order valence-corrected chi connectivity index (χ4v) is 4.18. The summed E-state index contributed by atoms with van der Waals surface area (Å²) in [6, 6.07) is 11.2. The summed E-state index contributed by atoms with van der Waals surface area (Å²) < 4.78 is 0. The predicted octanol–water partition coefficient (Wildman–Crippen LogP) is 5.26. The quantitative estimate of drug-likeness (QED) is 0.756. The van der Waals surface area contributed by atoms with Crippen molar-refractivity contribution in [3.05, 3.63) is 36.0 Å². The summed E-state index contributed by atoms with van der Waals surface area (Å²) >= 11 is 0. The molecule has 1 aromatic heterocycles. The lowest BCUT2D eigenvalue weighted by molar-refractivity contribution is 0.461. The van der Waals surface area contributed by atoms with Crippen molar-refractivity contribution in [2.75, 3.05) is 28.6 Å². The number of benzene rings is 1. The maximum absolute atomic E-state index is 4.69. The van der Waals surface area contributed by atoms with E-state index in [4.69, 9.17) is 4.98 Å². The number of hydrogen-bond acceptors (Lipinski definition) is 5. The monoisotopic (exact) mass is 365 g/mol. The minimum absolute atomic E-state index is 0.511. The topological polar surface area (TPSA) is 53.1 Å². The highest BCUT2D eigenvalue weighted by Gasteiger charge is 2.15. The molecule has 1 aliphatic heterocycles. The van der Waals surface area contributed by atoms with E-state index < -0.39 is 0 Å². The smallest absolute Gasteiger partial charge is 0.225 e. The molecule has 0 bridgehead atoms. The molecule has 2 heterocycles. The van der Waals surface area contributed by atoms with Gasteiger partial charge in [0.15, 0.2) is 0 Å². The van der Waals surface area contributed by atoms with Crippen LogP contribution in [0.4, 0.5) is 23.1 Å². The second-order valence-electron chi connectivity index (χ2n) is 7.92. The molecule has 0 amide bonds. The van der Waals surface area contributed by atoms with Crippen LogP contribution in [0.5, 0.6) is 0 Å². The maximum atomic E-state index is 4.69. The van der Waals surface area contributed by atoms with E-state index in [1.165, 1.54) is 70.1 Å². The first-order chi connectivity index (χ1) is 13.3. The highest BCUT2D eigenvalue weighted by molar-refractivity contribution is 5.61. The van der Waals surface area contributed by atoms with Gasteiger partial charge in [0.25, 0.3) is 0 Å². The van der Waals surface area contributed by atoms with Crippen LogP contribution in [0.1, 0.15) is 57.1 Å². The number of anilines is 4. The Kier molecular flexibility index (Phi) is 5.75. The molecule has 1 saturated heterocycles. The Morgan fingerprint density at radius 1 is 0.889 bits per heavy atom. The van der Waals surface area contributed by atoms with Crippen molar-refractivity contribution < 1.29 is 0 Å². The van der Waals surface area contributed by atoms with Crippen molar-refractivity contribution in [1.82, 2.24) is 9.97 Å². The molecule has 2 aliphatic rings. The Morgan fingerprint density at radius 3 is 2.33 bits per heavy atom. The second kappa shape index (κ2) is 8.59. The van der Waals surface area contributed by atoms with E-state index >= 15 is 0 Å². The van der Waals surface area contributed by atoms with E-state index in [2.05, 4.69) is 44.8 Å². The molecule has 5 heteroatoms. The minimum atomic E-state index is 0.511. The number of nitrogens with zero attached hydrogens (tertiary/aromatic N) is 3. The normalized spacial score (nSPS) is 18.3. The fourth-order valence-electron chi connectivity index (χ4n) is 4.18. The van der Waals surface area contributed by atoms with Crippen LogP contribution in [0, 0.1) is 6.92 Å². The Bertz CT molecular complexity index is 731.